The van der Waals surface area contributed by atoms with E-state index in [1.54, 1.807) is 0 Å². The second-order valence-electron chi connectivity index (χ2n) is 4.84. The molecule has 2 nitrogen and oxygen atoms in total. The van der Waals surface area contributed by atoms with Gasteiger partial charge in [0, 0.05) is 36.3 Å². The van der Waals surface area contributed by atoms with Crippen LogP contribution in [0.15, 0.2) is 46.7 Å². The van der Waals surface area contributed by atoms with E-state index in [0.717, 1.165) is 18.4 Å². The molecule has 1 aromatic carbocycles. The number of rotatable bonds is 2. The molecule has 2 heteroatoms. The molecule has 0 atom stereocenters. The SMILES string of the molecule is CC1=C(Cc2ccc3cccnc3c2C)N=CC1. The normalized spacial score (nSPS) is 14.8. The Labute approximate surface area is 107 Å². The molecule has 0 saturated heterocycles. The third-order valence-electron chi connectivity index (χ3n) is 3.64. The lowest BCUT2D eigenvalue weighted by Gasteiger charge is -2.09. The Bertz CT molecular complexity index is 666. The zero-order valence-corrected chi connectivity index (χ0v) is 10.8. The number of aliphatic imine (C=N–C) groups is 1. The van der Waals surface area contributed by atoms with Gasteiger partial charge in [-0.3, -0.25) is 9.98 Å². The Hall–Kier alpha value is -1.96. The highest BCUT2D eigenvalue weighted by molar-refractivity contribution is 5.82. The quantitative estimate of drug-likeness (QED) is 0.777. The van der Waals surface area contributed by atoms with E-state index in [0.29, 0.717) is 0 Å². The van der Waals surface area contributed by atoms with Gasteiger partial charge in [-0.15, -0.1) is 0 Å². The van der Waals surface area contributed by atoms with E-state index in [4.69, 9.17) is 0 Å². The van der Waals surface area contributed by atoms with Gasteiger partial charge in [-0.25, -0.2) is 0 Å². The largest absolute Gasteiger partial charge is 0.265 e. The smallest absolute Gasteiger partial charge is 0.0733 e. The molecule has 0 N–H and O–H groups in total. The average molecular weight is 236 g/mol. The second-order valence-corrected chi connectivity index (χ2v) is 4.84. The van der Waals surface area contributed by atoms with Crippen LogP contribution in [-0.2, 0) is 6.42 Å². The van der Waals surface area contributed by atoms with Crippen molar-refractivity contribution >= 4 is 17.1 Å². The Morgan fingerprint density at radius 3 is 2.83 bits per heavy atom. The molecule has 0 spiro atoms. The molecular weight excluding hydrogens is 220 g/mol. The zero-order valence-electron chi connectivity index (χ0n) is 10.8. The Morgan fingerprint density at radius 2 is 2.06 bits per heavy atom. The molecule has 0 amide bonds. The fourth-order valence-electron chi connectivity index (χ4n) is 2.42. The molecule has 3 rings (SSSR count). The van der Waals surface area contributed by atoms with Crippen LogP contribution < -0.4 is 0 Å². The van der Waals surface area contributed by atoms with Crippen LogP contribution in [0.3, 0.4) is 0 Å². The van der Waals surface area contributed by atoms with E-state index in [1.807, 2.05) is 18.5 Å². The monoisotopic (exact) mass is 236 g/mol. The first-order valence-electron chi connectivity index (χ1n) is 6.30. The molecule has 0 bridgehead atoms. The number of nitrogens with zero attached hydrogens (tertiary/aromatic N) is 2. The van der Waals surface area contributed by atoms with E-state index in [2.05, 4.69) is 42.0 Å². The van der Waals surface area contributed by atoms with Gasteiger partial charge in [0.2, 0.25) is 0 Å². The standard InChI is InChI=1S/C16H16N2/c1-11-7-9-17-15(11)10-14-6-5-13-4-3-8-18-16(13)12(14)2/h3-6,8-9H,7,10H2,1-2H3. The first-order valence-corrected chi connectivity index (χ1v) is 6.30. The van der Waals surface area contributed by atoms with Gasteiger partial charge < -0.3 is 0 Å². The number of hydrogen-bond acceptors (Lipinski definition) is 2. The maximum atomic E-state index is 4.48. The van der Waals surface area contributed by atoms with Gasteiger partial charge in [-0.05, 0) is 36.6 Å². The number of allylic oxidation sites excluding steroid dienone is 2. The van der Waals surface area contributed by atoms with Crippen molar-refractivity contribution in [3.8, 4) is 0 Å². The maximum absolute atomic E-state index is 4.48. The lowest BCUT2D eigenvalue weighted by molar-refractivity contribution is 1.07. The van der Waals surface area contributed by atoms with Crippen LogP contribution in [0.2, 0.25) is 0 Å². The predicted molar refractivity (Wildman–Crippen MR) is 76.0 cm³/mol. The summed E-state index contributed by atoms with van der Waals surface area (Å²) in [5.74, 6) is 0. The van der Waals surface area contributed by atoms with Crippen LogP contribution in [0.25, 0.3) is 10.9 Å². The van der Waals surface area contributed by atoms with E-state index in [9.17, 15) is 0 Å². The summed E-state index contributed by atoms with van der Waals surface area (Å²) in [7, 11) is 0. The summed E-state index contributed by atoms with van der Waals surface area (Å²) < 4.78 is 0. The second kappa shape index (κ2) is 4.37. The van der Waals surface area contributed by atoms with Crippen molar-refractivity contribution in [2.75, 3.05) is 0 Å². The van der Waals surface area contributed by atoms with E-state index < -0.39 is 0 Å². The van der Waals surface area contributed by atoms with Crippen molar-refractivity contribution in [3.05, 3.63) is 52.9 Å². The van der Waals surface area contributed by atoms with Gasteiger partial charge in [0.15, 0.2) is 0 Å². The first-order chi connectivity index (χ1) is 8.75. The predicted octanol–water partition coefficient (Wildman–Crippen LogP) is 3.83. The molecule has 2 aromatic rings. The summed E-state index contributed by atoms with van der Waals surface area (Å²) in [6.07, 6.45) is 5.78. The highest BCUT2D eigenvalue weighted by Gasteiger charge is 2.10. The zero-order chi connectivity index (χ0) is 12.5. The summed E-state index contributed by atoms with van der Waals surface area (Å²) in [6.45, 7) is 4.32. The minimum absolute atomic E-state index is 0.917. The number of fused-ring (bicyclic) bond motifs is 1. The lowest BCUT2D eigenvalue weighted by atomic mass is 9.99. The number of benzene rings is 1. The number of aryl methyl sites for hydroxylation is 1. The van der Waals surface area contributed by atoms with Gasteiger partial charge in [-0.2, -0.15) is 0 Å². The topological polar surface area (TPSA) is 25.2 Å². The molecule has 0 saturated carbocycles. The minimum Gasteiger partial charge on any atom is -0.265 e. The molecule has 90 valence electrons. The van der Waals surface area contributed by atoms with Crippen molar-refractivity contribution in [1.82, 2.24) is 4.98 Å². The number of hydrogen-bond donors (Lipinski definition) is 0. The van der Waals surface area contributed by atoms with Crippen LogP contribution in [0.4, 0.5) is 0 Å². The maximum Gasteiger partial charge on any atom is 0.0733 e. The summed E-state index contributed by atoms with van der Waals surface area (Å²) in [5.41, 5.74) is 6.31. The van der Waals surface area contributed by atoms with Crippen LogP contribution >= 0.6 is 0 Å². The number of aromatic nitrogens is 1. The molecule has 0 unspecified atom stereocenters. The van der Waals surface area contributed by atoms with Gasteiger partial charge in [-0.1, -0.05) is 18.2 Å². The average Bonchev–Trinajstić information content (AvgIpc) is 2.79. The molecule has 1 aliphatic heterocycles. The van der Waals surface area contributed by atoms with Crippen molar-refractivity contribution in [2.45, 2.75) is 26.7 Å². The van der Waals surface area contributed by atoms with Gasteiger partial charge in [0.25, 0.3) is 0 Å². The van der Waals surface area contributed by atoms with E-state index in [1.165, 1.54) is 27.8 Å². The van der Waals surface area contributed by atoms with E-state index in [-0.39, 0.29) is 0 Å². The third-order valence-corrected chi connectivity index (χ3v) is 3.64. The molecule has 1 aromatic heterocycles. The molecule has 2 heterocycles. The van der Waals surface area contributed by atoms with Crippen LogP contribution in [0.5, 0.6) is 0 Å². The van der Waals surface area contributed by atoms with Crippen molar-refractivity contribution < 1.29 is 0 Å². The molecule has 0 fully saturated rings. The Kier molecular flexibility index (Phi) is 2.71. The van der Waals surface area contributed by atoms with Gasteiger partial charge in [0.05, 0.1) is 5.52 Å². The van der Waals surface area contributed by atoms with Crippen molar-refractivity contribution in [3.63, 3.8) is 0 Å². The molecule has 18 heavy (non-hydrogen) atoms. The van der Waals surface area contributed by atoms with Crippen LogP contribution in [0, 0.1) is 6.92 Å². The molecular formula is C16H16N2. The minimum atomic E-state index is 0.917. The lowest BCUT2D eigenvalue weighted by Crippen LogP contribution is -1.94. The summed E-state index contributed by atoms with van der Waals surface area (Å²) in [5, 5.41) is 1.21. The summed E-state index contributed by atoms with van der Waals surface area (Å²) in [4.78, 5) is 8.95. The highest BCUT2D eigenvalue weighted by Crippen LogP contribution is 2.25. The number of pyridine rings is 1. The van der Waals surface area contributed by atoms with Crippen molar-refractivity contribution in [1.29, 1.82) is 0 Å². The molecule has 0 aliphatic carbocycles. The fraction of sp³-hybridized carbons (Fsp3) is 0.250. The Morgan fingerprint density at radius 1 is 1.17 bits per heavy atom. The fourth-order valence-corrected chi connectivity index (χ4v) is 2.42. The van der Waals surface area contributed by atoms with Crippen molar-refractivity contribution in [2.24, 2.45) is 4.99 Å². The van der Waals surface area contributed by atoms with Gasteiger partial charge >= 0.3 is 0 Å². The highest BCUT2D eigenvalue weighted by atomic mass is 14.8. The van der Waals surface area contributed by atoms with Crippen LogP contribution in [0.1, 0.15) is 24.5 Å². The summed E-state index contributed by atoms with van der Waals surface area (Å²) in [6, 6.07) is 8.44. The van der Waals surface area contributed by atoms with Gasteiger partial charge in [0.1, 0.15) is 0 Å². The van der Waals surface area contributed by atoms with E-state index >= 15 is 0 Å². The third kappa shape index (κ3) is 1.84. The first kappa shape index (κ1) is 11.1. The molecule has 1 aliphatic rings. The summed E-state index contributed by atoms with van der Waals surface area (Å²) >= 11 is 0. The molecule has 0 radical (unpaired) electrons. The van der Waals surface area contributed by atoms with Crippen LogP contribution in [-0.4, -0.2) is 11.2 Å². The Balaban J connectivity index is 2.05.